The Hall–Kier alpha value is -1.62. The summed E-state index contributed by atoms with van der Waals surface area (Å²) < 4.78 is 18.5. The lowest BCUT2D eigenvalue weighted by molar-refractivity contribution is 0.179. The highest BCUT2D eigenvalue weighted by Gasteiger charge is 2.05. The van der Waals surface area contributed by atoms with Crippen molar-refractivity contribution < 1.29 is 9.13 Å². The Morgan fingerprint density at radius 3 is 2.79 bits per heavy atom. The molecular formula is C14H22FN3O. The maximum absolute atomic E-state index is 13.4. The lowest BCUT2D eigenvalue weighted by Gasteiger charge is -2.17. The van der Waals surface area contributed by atoms with Gasteiger partial charge in [0.2, 0.25) is 0 Å². The number of nitrogens with one attached hydrogen (secondary N) is 2. The van der Waals surface area contributed by atoms with E-state index in [0.29, 0.717) is 31.1 Å². The number of nitrogens with zero attached hydrogens (tertiary/aromatic N) is 1. The van der Waals surface area contributed by atoms with Gasteiger partial charge in [0.25, 0.3) is 0 Å². The quantitative estimate of drug-likeness (QED) is 0.607. The van der Waals surface area contributed by atoms with Crippen molar-refractivity contribution >= 4 is 5.96 Å². The molecule has 2 N–H and O–H groups in total. The van der Waals surface area contributed by atoms with E-state index in [-0.39, 0.29) is 11.9 Å². The maximum Gasteiger partial charge on any atom is 0.191 e. The summed E-state index contributed by atoms with van der Waals surface area (Å²) in [6.07, 6.45) is 0.617. The van der Waals surface area contributed by atoms with E-state index in [4.69, 9.17) is 4.74 Å². The number of ether oxygens (including phenoxy) is 1. The second kappa shape index (κ2) is 8.48. The number of hydrogen-bond donors (Lipinski definition) is 2. The lowest BCUT2D eigenvalue weighted by Crippen LogP contribution is -2.44. The van der Waals surface area contributed by atoms with Gasteiger partial charge in [-0.05, 0) is 25.0 Å². The molecule has 0 saturated carbocycles. The van der Waals surface area contributed by atoms with Crippen LogP contribution in [-0.4, -0.2) is 39.3 Å². The molecule has 0 aliphatic carbocycles. The first-order valence-corrected chi connectivity index (χ1v) is 6.37. The molecule has 0 aromatic heterocycles. The molecule has 1 rings (SSSR count). The van der Waals surface area contributed by atoms with Crippen molar-refractivity contribution in [2.75, 3.05) is 27.3 Å². The molecule has 0 radical (unpaired) electrons. The number of methoxy groups -OCH3 is 1. The summed E-state index contributed by atoms with van der Waals surface area (Å²) in [6, 6.07) is 6.97. The van der Waals surface area contributed by atoms with E-state index in [0.717, 1.165) is 0 Å². The molecule has 4 nitrogen and oxygen atoms in total. The van der Waals surface area contributed by atoms with Crippen LogP contribution in [0.4, 0.5) is 4.39 Å². The SMILES string of the molecule is CN=C(NCCc1ccccc1F)NC(C)COC. The predicted molar refractivity (Wildman–Crippen MR) is 75.9 cm³/mol. The summed E-state index contributed by atoms with van der Waals surface area (Å²) in [5.74, 6) is 0.529. The Labute approximate surface area is 114 Å². The summed E-state index contributed by atoms with van der Waals surface area (Å²) in [6.45, 7) is 3.24. The van der Waals surface area contributed by atoms with Crippen LogP contribution >= 0.6 is 0 Å². The first-order valence-electron chi connectivity index (χ1n) is 6.37. The normalized spacial score (nSPS) is 13.2. The van der Waals surface area contributed by atoms with Crippen molar-refractivity contribution in [1.29, 1.82) is 0 Å². The Morgan fingerprint density at radius 2 is 2.16 bits per heavy atom. The molecule has 1 unspecified atom stereocenters. The second-order valence-electron chi connectivity index (χ2n) is 4.34. The number of rotatable bonds is 6. The predicted octanol–water partition coefficient (Wildman–Crippen LogP) is 1.57. The minimum atomic E-state index is -0.167. The van der Waals surface area contributed by atoms with Crippen LogP contribution in [-0.2, 0) is 11.2 Å². The van der Waals surface area contributed by atoms with Gasteiger partial charge in [-0.1, -0.05) is 18.2 Å². The highest BCUT2D eigenvalue weighted by molar-refractivity contribution is 5.79. The number of hydrogen-bond acceptors (Lipinski definition) is 2. The average molecular weight is 267 g/mol. The van der Waals surface area contributed by atoms with Crippen molar-refractivity contribution in [2.24, 2.45) is 4.99 Å². The van der Waals surface area contributed by atoms with Gasteiger partial charge in [-0.25, -0.2) is 4.39 Å². The van der Waals surface area contributed by atoms with Gasteiger partial charge in [0.1, 0.15) is 5.82 Å². The van der Waals surface area contributed by atoms with Crippen molar-refractivity contribution in [3.05, 3.63) is 35.6 Å². The van der Waals surface area contributed by atoms with Crippen LogP contribution in [0.15, 0.2) is 29.3 Å². The molecule has 5 heteroatoms. The Bertz CT molecular complexity index is 409. The van der Waals surface area contributed by atoms with Crippen LogP contribution in [0.2, 0.25) is 0 Å². The van der Waals surface area contributed by atoms with Gasteiger partial charge in [-0.15, -0.1) is 0 Å². The van der Waals surface area contributed by atoms with Gasteiger partial charge in [-0.2, -0.15) is 0 Å². The topological polar surface area (TPSA) is 45.7 Å². The number of aliphatic imine (C=N–C) groups is 1. The second-order valence-corrected chi connectivity index (χ2v) is 4.34. The van der Waals surface area contributed by atoms with Gasteiger partial charge in [0, 0.05) is 26.7 Å². The summed E-state index contributed by atoms with van der Waals surface area (Å²) in [5.41, 5.74) is 0.704. The lowest BCUT2D eigenvalue weighted by atomic mass is 10.1. The fraction of sp³-hybridized carbons (Fsp3) is 0.500. The molecule has 106 valence electrons. The molecule has 0 bridgehead atoms. The minimum absolute atomic E-state index is 0.167. The van der Waals surface area contributed by atoms with Crippen molar-refractivity contribution in [1.82, 2.24) is 10.6 Å². The van der Waals surface area contributed by atoms with E-state index in [1.807, 2.05) is 13.0 Å². The van der Waals surface area contributed by atoms with Crippen LogP contribution in [0.3, 0.4) is 0 Å². The van der Waals surface area contributed by atoms with E-state index in [1.54, 1.807) is 26.3 Å². The fourth-order valence-corrected chi connectivity index (χ4v) is 1.74. The maximum atomic E-state index is 13.4. The van der Waals surface area contributed by atoms with Gasteiger partial charge >= 0.3 is 0 Å². The van der Waals surface area contributed by atoms with Crippen molar-refractivity contribution in [3.63, 3.8) is 0 Å². The largest absolute Gasteiger partial charge is 0.383 e. The fourth-order valence-electron chi connectivity index (χ4n) is 1.74. The molecule has 1 aromatic rings. The van der Waals surface area contributed by atoms with E-state index < -0.39 is 0 Å². The summed E-state index contributed by atoms with van der Waals surface area (Å²) >= 11 is 0. The number of guanidine groups is 1. The van der Waals surface area contributed by atoms with Gasteiger partial charge < -0.3 is 15.4 Å². The molecule has 0 aliphatic heterocycles. The van der Waals surface area contributed by atoms with E-state index >= 15 is 0 Å². The van der Waals surface area contributed by atoms with Crippen molar-refractivity contribution in [3.8, 4) is 0 Å². The minimum Gasteiger partial charge on any atom is -0.383 e. The van der Waals surface area contributed by atoms with E-state index in [1.165, 1.54) is 6.07 Å². The van der Waals surface area contributed by atoms with E-state index in [2.05, 4.69) is 15.6 Å². The summed E-state index contributed by atoms with van der Waals surface area (Å²) in [4.78, 5) is 4.11. The zero-order valence-electron chi connectivity index (χ0n) is 11.7. The first-order chi connectivity index (χ1) is 9.17. The zero-order chi connectivity index (χ0) is 14.1. The zero-order valence-corrected chi connectivity index (χ0v) is 11.7. The first kappa shape index (κ1) is 15.4. The van der Waals surface area contributed by atoms with Crippen molar-refractivity contribution in [2.45, 2.75) is 19.4 Å². The monoisotopic (exact) mass is 267 g/mol. The Morgan fingerprint density at radius 1 is 1.42 bits per heavy atom. The van der Waals surface area contributed by atoms with Gasteiger partial charge in [0.05, 0.1) is 6.61 Å². The highest BCUT2D eigenvalue weighted by Crippen LogP contribution is 2.05. The van der Waals surface area contributed by atoms with Gasteiger partial charge in [-0.3, -0.25) is 4.99 Å². The third kappa shape index (κ3) is 5.70. The molecule has 0 fully saturated rings. The molecule has 0 spiro atoms. The van der Waals surface area contributed by atoms with Crippen LogP contribution in [0.5, 0.6) is 0 Å². The van der Waals surface area contributed by atoms with E-state index in [9.17, 15) is 4.39 Å². The molecule has 1 aromatic carbocycles. The van der Waals surface area contributed by atoms with Gasteiger partial charge in [0.15, 0.2) is 5.96 Å². The van der Waals surface area contributed by atoms with Crippen LogP contribution < -0.4 is 10.6 Å². The molecule has 0 aliphatic rings. The van der Waals surface area contributed by atoms with Crippen LogP contribution in [0.1, 0.15) is 12.5 Å². The average Bonchev–Trinajstić information content (AvgIpc) is 2.40. The molecule has 0 amide bonds. The third-order valence-electron chi connectivity index (χ3n) is 2.67. The van der Waals surface area contributed by atoms with Crippen LogP contribution in [0.25, 0.3) is 0 Å². The third-order valence-corrected chi connectivity index (χ3v) is 2.67. The Kier molecular flexibility index (Phi) is 6.89. The molecule has 1 atom stereocenters. The Balaban J connectivity index is 2.36. The molecular weight excluding hydrogens is 245 g/mol. The number of halogens is 1. The molecule has 0 heterocycles. The molecule has 19 heavy (non-hydrogen) atoms. The summed E-state index contributed by atoms with van der Waals surface area (Å²) in [7, 11) is 3.37. The standard InChI is InChI=1S/C14H22FN3O/c1-11(10-19-3)18-14(16-2)17-9-8-12-6-4-5-7-13(12)15/h4-7,11H,8-10H2,1-3H3,(H2,16,17,18). The highest BCUT2D eigenvalue weighted by atomic mass is 19.1. The number of benzene rings is 1. The smallest absolute Gasteiger partial charge is 0.191 e. The summed E-state index contributed by atoms with van der Waals surface area (Å²) in [5, 5.41) is 6.34. The molecule has 0 saturated heterocycles. The van der Waals surface area contributed by atoms with Crippen LogP contribution in [0, 0.1) is 5.82 Å².